The number of hydrogen-bond donors (Lipinski definition) is 0. The van der Waals surface area contributed by atoms with Crippen LogP contribution in [0.4, 0.5) is 0 Å². The fourth-order valence-electron chi connectivity index (χ4n) is 2.76. The number of rotatable bonds is 4. The Kier molecular flexibility index (Phi) is 6.55. The second-order valence-electron chi connectivity index (χ2n) is 4.83. The van der Waals surface area contributed by atoms with Gasteiger partial charge in [-0.2, -0.15) is 0 Å². The predicted molar refractivity (Wildman–Crippen MR) is 88.3 cm³/mol. The summed E-state index contributed by atoms with van der Waals surface area (Å²) in [6.45, 7) is 3.97. The maximum Gasteiger partial charge on any atom is -0.147 e. The quantitative estimate of drug-likeness (QED) is 0.518. The van der Waals surface area contributed by atoms with E-state index in [2.05, 4.69) is 67.3 Å². The molecule has 0 nitrogen and oxygen atoms in total. The van der Waals surface area contributed by atoms with Crippen molar-refractivity contribution in [2.75, 3.05) is 0 Å². The zero-order valence-corrected chi connectivity index (χ0v) is 14.4. The molecule has 0 heterocycles. The van der Waals surface area contributed by atoms with Crippen LogP contribution in [0.3, 0.4) is 0 Å². The summed E-state index contributed by atoms with van der Waals surface area (Å²) in [4.78, 5) is 0. The van der Waals surface area contributed by atoms with Gasteiger partial charge in [-0.3, -0.25) is 0 Å². The molecule has 0 saturated heterocycles. The molecular formula is C17H18Cl2Ti. The molecule has 0 amide bonds. The molecule has 0 fully saturated rings. The van der Waals surface area contributed by atoms with Crippen molar-refractivity contribution in [1.82, 2.24) is 0 Å². The van der Waals surface area contributed by atoms with Gasteiger partial charge in [0, 0.05) is 0 Å². The van der Waals surface area contributed by atoms with Gasteiger partial charge in [-0.1, -0.05) is 0 Å². The van der Waals surface area contributed by atoms with Gasteiger partial charge in [0.15, 0.2) is 0 Å². The minimum Gasteiger partial charge on any atom is -0.147 e. The Morgan fingerprint density at radius 3 is 2.75 bits per heavy atom. The van der Waals surface area contributed by atoms with Crippen molar-refractivity contribution in [3.8, 4) is 0 Å². The molecule has 1 aromatic rings. The minimum absolute atomic E-state index is 0. The fourth-order valence-corrected chi connectivity index (χ4v) is 5.49. The van der Waals surface area contributed by atoms with Crippen molar-refractivity contribution in [1.29, 1.82) is 0 Å². The van der Waals surface area contributed by atoms with Crippen molar-refractivity contribution in [3.63, 3.8) is 0 Å². The van der Waals surface area contributed by atoms with E-state index < -0.39 is 0 Å². The third-order valence-corrected chi connectivity index (χ3v) is 6.39. The van der Waals surface area contributed by atoms with Crippen LogP contribution in [-0.2, 0) is 22.9 Å². The van der Waals surface area contributed by atoms with Gasteiger partial charge < -0.3 is 0 Å². The van der Waals surface area contributed by atoms with Gasteiger partial charge in [0.1, 0.15) is 0 Å². The molecule has 1 aromatic carbocycles. The zero-order valence-electron chi connectivity index (χ0n) is 11.2. The molecule has 0 radical (unpaired) electrons. The first-order chi connectivity index (χ1) is 8.84. The summed E-state index contributed by atoms with van der Waals surface area (Å²) in [7, 11) is 0. The third kappa shape index (κ3) is 3.20. The average molecular weight is 341 g/mol. The summed E-state index contributed by atoms with van der Waals surface area (Å²) in [5.74, 6) is 0. The molecule has 0 aromatic heterocycles. The van der Waals surface area contributed by atoms with Crippen LogP contribution in [0.2, 0.25) is 0 Å². The van der Waals surface area contributed by atoms with Crippen LogP contribution in [0, 0.1) is 0 Å². The first-order valence-corrected chi connectivity index (χ1v) is 7.94. The van der Waals surface area contributed by atoms with Gasteiger partial charge in [-0.15, -0.1) is 24.8 Å². The molecule has 1 atom stereocenters. The Balaban J connectivity index is 0.000001000. The van der Waals surface area contributed by atoms with Crippen LogP contribution in [0.15, 0.2) is 65.1 Å². The molecule has 0 saturated carbocycles. The van der Waals surface area contributed by atoms with Crippen LogP contribution in [0.1, 0.15) is 24.0 Å². The summed E-state index contributed by atoms with van der Waals surface area (Å²) in [6, 6.07) is 8.82. The third-order valence-electron chi connectivity index (χ3n) is 3.61. The number of benzene rings is 1. The van der Waals surface area contributed by atoms with Crippen LogP contribution < -0.4 is 0 Å². The van der Waals surface area contributed by atoms with E-state index in [1.807, 2.05) is 0 Å². The summed E-state index contributed by atoms with van der Waals surface area (Å²) < 4.78 is 1.91. The van der Waals surface area contributed by atoms with Crippen molar-refractivity contribution in [2.45, 2.75) is 16.6 Å². The van der Waals surface area contributed by atoms with E-state index in [1.165, 1.54) is 11.1 Å². The second kappa shape index (κ2) is 7.47. The molecule has 2 aliphatic carbocycles. The second-order valence-corrected chi connectivity index (χ2v) is 7.62. The molecular weight excluding hydrogens is 323 g/mol. The summed E-state index contributed by atoms with van der Waals surface area (Å²) in [5.41, 5.74) is 2.91. The van der Waals surface area contributed by atoms with Crippen molar-refractivity contribution in [2.24, 2.45) is 0 Å². The standard InChI is InChI=1S/C12H11.C5H5.2ClH.Ti/c1-2-5-10-8-9-11-6-3-4-7-12(10)11;1-2-4-5-3-1;;;/h2-4,6-9H,1,5H2;1-3H,4H2;2*1H;. The van der Waals surface area contributed by atoms with Gasteiger partial charge in [0.2, 0.25) is 0 Å². The molecule has 1 unspecified atom stereocenters. The molecule has 0 aliphatic heterocycles. The van der Waals surface area contributed by atoms with Gasteiger partial charge >= 0.3 is 118 Å². The van der Waals surface area contributed by atoms with Crippen LogP contribution in [0.5, 0.6) is 0 Å². The number of fused-ring (bicyclic) bond motifs is 1. The van der Waals surface area contributed by atoms with Crippen molar-refractivity contribution >= 4 is 30.9 Å². The van der Waals surface area contributed by atoms with Crippen molar-refractivity contribution < 1.29 is 19.2 Å². The van der Waals surface area contributed by atoms with Crippen LogP contribution >= 0.6 is 24.8 Å². The first-order valence-electron chi connectivity index (χ1n) is 6.38. The molecule has 20 heavy (non-hydrogen) atoms. The van der Waals surface area contributed by atoms with Crippen LogP contribution in [0.25, 0.3) is 6.08 Å². The van der Waals surface area contributed by atoms with E-state index in [0.29, 0.717) is 0 Å². The molecule has 2 aliphatic rings. The maximum absolute atomic E-state index is 3.97. The minimum atomic E-state index is -0.179. The Hall–Kier alpha value is -0.526. The van der Waals surface area contributed by atoms with Gasteiger partial charge in [-0.25, -0.2) is 0 Å². The van der Waals surface area contributed by atoms with Gasteiger partial charge in [0.05, 0.1) is 0 Å². The number of allylic oxidation sites excluding steroid dienone is 6. The first kappa shape index (κ1) is 17.5. The van der Waals surface area contributed by atoms with E-state index >= 15 is 0 Å². The van der Waals surface area contributed by atoms with E-state index in [-0.39, 0.29) is 47.7 Å². The average Bonchev–Trinajstić information content (AvgIpc) is 3.00. The molecule has 0 spiro atoms. The molecule has 0 N–H and O–H groups in total. The van der Waals surface area contributed by atoms with E-state index in [1.54, 1.807) is 3.88 Å². The van der Waals surface area contributed by atoms with Gasteiger partial charge in [-0.05, 0) is 0 Å². The fraction of sp³-hybridized carbons (Fsp3) is 0.176. The van der Waals surface area contributed by atoms with Gasteiger partial charge in [0.25, 0.3) is 0 Å². The SMILES string of the molecule is C=CC[C]1([Ti][C]2=CC=CC2)C=Cc2ccccc21.Cl.Cl. The monoisotopic (exact) mass is 340 g/mol. The largest absolute Gasteiger partial charge is 0.147 e. The van der Waals surface area contributed by atoms with E-state index in [0.717, 1.165) is 12.8 Å². The molecule has 3 rings (SSSR count). The molecule has 3 heteroatoms. The topological polar surface area (TPSA) is 0 Å². The van der Waals surface area contributed by atoms with Crippen molar-refractivity contribution in [3.05, 3.63) is 76.2 Å². The van der Waals surface area contributed by atoms with E-state index in [4.69, 9.17) is 0 Å². The Morgan fingerprint density at radius 1 is 1.25 bits per heavy atom. The zero-order chi connectivity index (χ0) is 12.4. The summed E-state index contributed by atoms with van der Waals surface area (Å²) in [5, 5.41) is 0. The molecule has 104 valence electrons. The Morgan fingerprint density at radius 2 is 2.05 bits per heavy atom. The Labute approximate surface area is 142 Å². The van der Waals surface area contributed by atoms with Crippen LogP contribution in [-0.4, -0.2) is 0 Å². The van der Waals surface area contributed by atoms with E-state index in [9.17, 15) is 0 Å². The molecule has 0 bridgehead atoms. The predicted octanol–water partition coefficient (Wildman–Crippen LogP) is 5.25. The smallest absolute Gasteiger partial charge is 0.147 e. The number of halogens is 2. The summed E-state index contributed by atoms with van der Waals surface area (Å²) >= 11 is -0.179. The number of hydrogen-bond acceptors (Lipinski definition) is 0. The summed E-state index contributed by atoms with van der Waals surface area (Å²) in [6.07, 6.45) is 15.8. The Bertz CT molecular complexity index is 572. The maximum atomic E-state index is 3.97. The normalized spacial score (nSPS) is 21.5.